The summed E-state index contributed by atoms with van der Waals surface area (Å²) < 4.78 is 15.4. The molecule has 0 saturated carbocycles. The molecule has 72 valence electrons. The fourth-order valence-corrected chi connectivity index (χ4v) is 1.45. The van der Waals surface area contributed by atoms with Crippen LogP contribution in [-0.2, 0) is 6.54 Å². The molecule has 0 aliphatic carbocycles. The summed E-state index contributed by atoms with van der Waals surface area (Å²) in [6, 6.07) is 6.61. The molecule has 0 saturated heterocycles. The number of hydrogen-bond acceptors (Lipinski definition) is 2. The average molecular weight is 256 g/mol. The Hall–Kier alpha value is -1.23. The lowest BCUT2D eigenvalue weighted by molar-refractivity contribution is 0.580. The molecule has 0 amide bonds. The van der Waals surface area contributed by atoms with Crippen LogP contribution in [0.25, 0.3) is 0 Å². The summed E-state index contributed by atoms with van der Waals surface area (Å²) in [6.45, 7) is 0.382. The minimum absolute atomic E-state index is 0.227. The van der Waals surface area contributed by atoms with E-state index in [0.717, 1.165) is 0 Å². The lowest BCUT2D eigenvalue weighted by Gasteiger charge is -2.03. The second kappa shape index (κ2) is 3.88. The fraction of sp³-hybridized carbons (Fsp3) is 0.111. The molecule has 1 heterocycles. The highest BCUT2D eigenvalue weighted by Gasteiger charge is 2.04. The maximum atomic E-state index is 13.2. The molecule has 2 rings (SSSR count). The van der Waals surface area contributed by atoms with Gasteiger partial charge in [0, 0.05) is 5.56 Å². The van der Waals surface area contributed by atoms with E-state index in [1.165, 1.54) is 12.4 Å². The molecule has 2 aromatic rings. The highest BCUT2D eigenvalue weighted by molar-refractivity contribution is 9.10. The van der Waals surface area contributed by atoms with Crippen LogP contribution in [0.15, 0.2) is 35.3 Å². The fourth-order valence-electron chi connectivity index (χ4n) is 1.14. The molecule has 0 spiro atoms. The quantitative estimate of drug-likeness (QED) is 0.824. The van der Waals surface area contributed by atoms with Crippen LogP contribution >= 0.6 is 15.9 Å². The Bertz CT molecular complexity index is 441. The molecule has 0 fully saturated rings. The van der Waals surface area contributed by atoms with Crippen molar-refractivity contribution in [2.24, 2.45) is 0 Å². The molecule has 3 nitrogen and oxygen atoms in total. The van der Waals surface area contributed by atoms with Crippen LogP contribution < -0.4 is 0 Å². The minimum Gasteiger partial charge on any atom is -0.236 e. The van der Waals surface area contributed by atoms with Gasteiger partial charge in [-0.25, -0.2) is 14.1 Å². The molecule has 14 heavy (non-hydrogen) atoms. The van der Waals surface area contributed by atoms with E-state index in [4.69, 9.17) is 0 Å². The lowest BCUT2D eigenvalue weighted by atomic mass is 10.2. The van der Waals surface area contributed by atoms with Crippen LogP contribution in [0.4, 0.5) is 4.39 Å². The monoisotopic (exact) mass is 255 g/mol. The molecule has 0 aliphatic rings. The van der Waals surface area contributed by atoms with E-state index in [1.54, 1.807) is 22.9 Å². The van der Waals surface area contributed by atoms with Crippen LogP contribution in [0, 0.1) is 5.82 Å². The van der Waals surface area contributed by atoms with Gasteiger partial charge >= 0.3 is 0 Å². The molecular formula is C9H7BrFN3. The zero-order valence-corrected chi connectivity index (χ0v) is 8.78. The van der Waals surface area contributed by atoms with Crippen molar-refractivity contribution in [2.75, 3.05) is 0 Å². The molecule has 0 atom stereocenters. The van der Waals surface area contributed by atoms with Gasteiger partial charge in [0.1, 0.15) is 12.1 Å². The number of nitrogens with zero attached hydrogens (tertiary/aromatic N) is 3. The van der Waals surface area contributed by atoms with Gasteiger partial charge in [0.25, 0.3) is 0 Å². The van der Waals surface area contributed by atoms with Gasteiger partial charge in [-0.3, -0.25) is 0 Å². The number of benzene rings is 1. The Morgan fingerprint density at radius 3 is 2.79 bits per heavy atom. The third kappa shape index (κ3) is 1.82. The maximum Gasteiger partial charge on any atom is 0.195 e. The van der Waals surface area contributed by atoms with Gasteiger partial charge in [-0.2, -0.15) is 5.10 Å². The van der Waals surface area contributed by atoms with E-state index in [-0.39, 0.29) is 5.82 Å². The third-order valence-electron chi connectivity index (χ3n) is 1.85. The Balaban J connectivity index is 2.28. The van der Waals surface area contributed by atoms with Gasteiger partial charge in [0.2, 0.25) is 0 Å². The first kappa shape index (κ1) is 9.33. The first-order chi connectivity index (χ1) is 6.77. The number of halogens is 2. The van der Waals surface area contributed by atoms with Crippen molar-refractivity contribution in [3.63, 3.8) is 0 Å². The standard InChI is InChI=1S/C9H7BrFN3/c10-9-12-6-13-14(9)5-7-3-1-2-4-8(7)11/h1-4,6H,5H2. The summed E-state index contributed by atoms with van der Waals surface area (Å²) in [6.07, 6.45) is 1.42. The average Bonchev–Trinajstić information content (AvgIpc) is 2.56. The Morgan fingerprint density at radius 2 is 2.14 bits per heavy atom. The summed E-state index contributed by atoms with van der Waals surface area (Å²) in [4.78, 5) is 3.89. The van der Waals surface area contributed by atoms with Crippen LogP contribution in [0.2, 0.25) is 0 Å². The first-order valence-electron chi connectivity index (χ1n) is 4.04. The topological polar surface area (TPSA) is 30.7 Å². The lowest BCUT2D eigenvalue weighted by Crippen LogP contribution is -2.03. The second-order valence-corrected chi connectivity index (χ2v) is 3.49. The summed E-state index contributed by atoms with van der Waals surface area (Å²) in [5.74, 6) is -0.227. The number of rotatable bonds is 2. The molecule has 0 N–H and O–H groups in total. The van der Waals surface area contributed by atoms with Crippen molar-refractivity contribution in [2.45, 2.75) is 6.54 Å². The normalized spacial score (nSPS) is 10.4. The highest BCUT2D eigenvalue weighted by atomic mass is 79.9. The Kier molecular flexibility index (Phi) is 2.58. The summed E-state index contributed by atoms with van der Waals surface area (Å²) in [5, 5.41) is 3.94. The van der Waals surface area contributed by atoms with Crippen LogP contribution in [0.1, 0.15) is 5.56 Å². The van der Waals surface area contributed by atoms with E-state index < -0.39 is 0 Å². The predicted molar refractivity (Wildman–Crippen MR) is 53.2 cm³/mol. The largest absolute Gasteiger partial charge is 0.236 e. The van der Waals surface area contributed by atoms with Crippen molar-refractivity contribution in [3.05, 3.63) is 46.7 Å². The van der Waals surface area contributed by atoms with Gasteiger partial charge in [-0.05, 0) is 22.0 Å². The number of hydrogen-bond donors (Lipinski definition) is 0. The predicted octanol–water partition coefficient (Wildman–Crippen LogP) is 2.23. The SMILES string of the molecule is Fc1ccccc1Cn1ncnc1Br. The highest BCUT2D eigenvalue weighted by Crippen LogP contribution is 2.11. The maximum absolute atomic E-state index is 13.2. The van der Waals surface area contributed by atoms with Crippen molar-refractivity contribution < 1.29 is 4.39 Å². The van der Waals surface area contributed by atoms with E-state index in [9.17, 15) is 4.39 Å². The van der Waals surface area contributed by atoms with Crippen LogP contribution in [-0.4, -0.2) is 14.8 Å². The number of aromatic nitrogens is 3. The van der Waals surface area contributed by atoms with Crippen molar-refractivity contribution in [1.82, 2.24) is 14.8 Å². The molecule has 0 radical (unpaired) electrons. The summed E-state index contributed by atoms with van der Waals surface area (Å²) >= 11 is 3.22. The zero-order valence-electron chi connectivity index (χ0n) is 7.19. The van der Waals surface area contributed by atoms with E-state index in [0.29, 0.717) is 16.8 Å². The first-order valence-corrected chi connectivity index (χ1v) is 4.83. The molecule has 1 aromatic carbocycles. The second-order valence-electron chi connectivity index (χ2n) is 2.78. The summed E-state index contributed by atoms with van der Waals surface area (Å²) in [7, 11) is 0. The van der Waals surface area contributed by atoms with Gasteiger partial charge in [-0.15, -0.1) is 0 Å². The van der Waals surface area contributed by atoms with E-state index >= 15 is 0 Å². The molecule has 5 heteroatoms. The molecular weight excluding hydrogens is 249 g/mol. The zero-order chi connectivity index (χ0) is 9.97. The third-order valence-corrected chi connectivity index (χ3v) is 2.46. The van der Waals surface area contributed by atoms with Gasteiger partial charge in [0.05, 0.1) is 6.54 Å². The van der Waals surface area contributed by atoms with Crippen molar-refractivity contribution >= 4 is 15.9 Å². The van der Waals surface area contributed by atoms with Crippen molar-refractivity contribution in [1.29, 1.82) is 0 Å². The Labute approximate surface area is 88.7 Å². The van der Waals surface area contributed by atoms with E-state index in [2.05, 4.69) is 26.0 Å². The van der Waals surface area contributed by atoms with E-state index in [1.807, 2.05) is 0 Å². The minimum atomic E-state index is -0.227. The molecule has 0 unspecified atom stereocenters. The summed E-state index contributed by atoms with van der Waals surface area (Å²) in [5.41, 5.74) is 0.596. The van der Waals surface area contributed by atoms with Crippen LogP contribution in [0.5, 0.6) is 0 Å². The van der Waals surface area contributed by atoms with Gasteiger partial charge < -0.3 is 0 Å². The van der Waals surface area contributed by atoms with Gasteiger partial charge in [0.15, 0.2) is 4.73 Å². The molecule has 1 aromatic heterocycles. The molecule has 0 bridgehead atoms. The van der Waals surface area contributed by atoms with Crippen molar-refractivity contribution in [3.8, 4) is 0 Å². The van der Waals surface area contributed by atoms with Gasteiger partial charge in [-0.1, -0.05) is 18.2 Å². The Morgan fingerprint density at radius 1 is 1.36 bits per heavy atom. The van der Waals surface area contributed by atoms with Crippen LogP contribution in [0.3, 0.4) is 0 Å². The molecule has 0 aliphatic heterocycles. The smallest absolute Gasteiger partial charge is 0.195 e.